The Kier molecular flexibility index (Phi) is 2.37. The van der Waals surface area contributed by atoms with E-state index in [9.17, 15) is 0 Å². The highest BCUT2D eigenvalue weighted by Gasteiger charge is 2.18. The van der Waals surface area contributed by atoms with Crippen LogP contribution in [0.1, 0.15) is 16.8 Å². The molecule has 90 valence electrons. The molecule has 1 aliphatic heterocycles. The van der Waals surface area contributed by atoms with Gasteiger partial charge in [-0.3, -0.25) is 5.32 Å². The normalized spacial score (nSPS) is 15.0. The first-order valence-electron chi connectivity index (χ1n) is 6.09. The lowest BCUT2D eigenvalue weighted by atomic mass is 10.1. The van der Waals surface area contributed by atoms with E-state index in [2.05, 4.69) is 35.9 Å². The Balaban J connectivity index is 2.38. The summed E-state index contributed by atoms with van der Waals surface area (Å²) in [5, 5.41) is 4.77. The molecule has 17 heavy (non-hydrogen) atoms. The largest absolute Gasteiger partial charge is 0.497 e. The number of fused-ring (bicyclic) bond motifs is 3. The van der Waals surface area contributed by atoms with Gasteiger partial charge in [0.2, 0.25) is 0 Å². The fourth-order valence-electron chi connectivity index (χ4n) is 2.90. The molecule has 3 heteroatoms. The zero-order valence-electron chi connectivity index (χ0n) is 10.6. The second-order valence-electron chi connectivity index (χ2n) is 4.75. The summed E-state index contributed by atoms with van der Waals surface area (Å²) in [6.45, 7) is 6.38. The third kappa shape index (κ3) is 1.46. The van der Waals surface area contributed by atoms with Crippen LogP contribution in [0.3, 0.4) is 0 Å². The molecule has 3 rings (SSSR count). The van der Waals surface area contributed by atoms with Crippen molar-refractivity contribution in [3.05, 3.63) is 29.0 Å². The minimum absolute atomic E-state index is 0.923. The highest BCUT2D eigenvalue weighted by Crippen LogP contribution is 2.32. The molecule has 1 aliphatic rings. The summed E-state index contributed by atoms with van der Waals surface area (Å²) in [7, 11) is 1.73. The lowest BCUT2D eigenvalue weighted by Gasteiger charge is -2.18. The van der Waals surface area contributed by atoms with Crippen molar-refractivity contribution in [2.45, 2.75) is 26.9 Å². The number of nitrogens with one attached hydrogen (secondary N) is 1. The predicted molar refractivity (Wildman–Crippen MR) is 69.7 cm³/mol. The van der Waals surface area contributed by atoms with E-state index in [-0.39, 0.29) is 0 Å². The van der Waals surface area contributed by atoms with Crippen LogP contribution in [0, 0.1) is 13.8 Å². The van der Waals surface area contributed by atoms with E-state index >= 15 is 0 Å². The summed E-state index contributed by atoms with van der Waals surface area (Å²) in [5.41, 5.74) is 5.52. The van der Waals surface area contributed by atoms with Crippen LogP contribution in [-0.2, 0) is 13.1 Å². The standard InChI is InChI=1S/C14H18N2O/c1-9-6-11(17-3)7-12-10(2)13-4-5-15-8-16(13)14(9)12/h6-7,15H,4-5,8H2,1-3H3. The number of ether oxygens (including phenoxy) is 1. The fourth-order valence-corrected chi connectivity index (χ4v) is 2.90. The minimum atomic E-state index is 0.923. The quantitative estimate of drug-likeness (QED) is 0.814. The first-order chi connectivity index (χ1) is 8.22. The molecule has 0 atom stereocenters. The van der Waals surface area contributed by atoms with Gasteiger partial charge in [0.25, 0.3) is 0 Å². The zero-order chi connectivity index (χ0) is 12.0. The maximum Gasteiger partial charge on any atom is 0.119 e. The third-order valence-corrected chi connectivity index (χ3v) is 3.75. The predicted octanol–water partition coefficient (Wildman–Crippen LogP) is 2.37. The van der Waals surface area contributed by atoms with Gasteiger partial charge in [-0.25, -0.2) is 0 Å². The summed E-state index contributed by atoms with van der Waals surface area (Å²) >= 11 is 0. The molecule has 3 nitrogen and oxygen atoms in total. The van der Waals surface area contributed by atoms with Gasteiger partial charge in [0.05, 0.1) is 19.3 Å². The van der Waals surface area contributed by atoms with Gasteiger partial charge < -0.3 is 9.30 Å². The Bertz CT molecular complexity index is 584. The molecule has 0 radical (unpaired) electrons. The van der Waals surface area contributed by atoms with Crippen molar-refractivity contribution in [2.75, 3.05) is 13.7 Å². The third-order valence-electron chi connectivity index (χ3n) is 3.75. The molecule has 2 aromatic rings. The number of nitrogens with zero attached hydrogens (tertiary/aromatic N) is 1. The average Bonchev–Trinajstić information content (AvgIpc) is 2.64. The van der Waals surface area contributed by atoms with Gasteiger partial charge in [0, 0.05) is 24.0 Å². The lowest BCUT2D eigenvalue weighted by Crippen LogP contribution is -2.28. The van der Waals surface area contributed by atoms with Crippen molar-refractivity contribution >= 4 is 10.9 Å². The Morgan fingerprint density at radius 2 is 2.12 bits per heavy atom. The molecule has 0 aliphatic carbocycles. The number of aryl methyl sites for hydroxylation is 2. The molecule has 2 heterocycles. The van der Waals surface area contributed by atoms with Crippen molar-refractivity contribution in [3.63, 3.8) is 0 Å². The second kappa shape index (κ2) is 3.77. The summed E-state index contributed by atoms with van der Waals surface area (Å²) in [4.78, 5) is 0. The Hall–Kier alpha value is -1.48. The molecule has 0 saturated carbocycles. The summed E-state index contributed by atoms with van der Waals surface area (Å²) in [6.07, 6.45) is 1.11. The first-order valence-corrected chi connectivity index (χ1v) is 6.09. The van der Waals surface area contributed by atoms with E-state index in [1.807, 2.05) is 0 Å². The summed E-state index contributed by atoms with van der Waals surface area (Å²) in [5.74, 6) is 0.953. The van der Waals surface area contributed by atoms with Crippen LogP contribution in [-0.4, -0.2) is 18.2 Å². The van der Waals surface area contributed by atoms with Gasteiger partial charge in [-0.2, -0.15) is 0 Å². The van der Waals surface area contributed by atoms with Crippen LogP contribution in [0.15, 0.2) is 12.1 Å². The van der Waals surface area contributed by atoms with E-state index in [0.717, 1.165) is 25.4 Å². The van der Waals surface area contributed by atoms with Gasteiger partial charge in [-0.05, 0) is 37.1 Å². The van der Waals surface area contributed by atoms with Crippen LogP contribution >= 0.6 is 0 Å². The van der Waals surface area contributed by atoms with E-state index < -0.39 is 0 Å². The Labute approximate surface area is 101 Å². The molecule has 0 amide bonds. The first kappa shape index (κ1) is 10.7. The van der Waals surface area contributed by atoms with Crippen molar-refractivity contribution in [3.8, 4) is 5.75 Å². The molecule has 1 aromatic carbocycles. The number of rotatable bonds is 1. The van der Waals surface area contributed by atoms with E-state index in [1.165, 1.54) is 27.7 Å². The van der Waals surface area contributed by atoms with Crippen LogP contribution in [0.4, 0.5) is 0 Å². The molecule has 0 bridgehead atoms. The molecule has 1 N–H and O–H groups in total. The van der Waals surface area contributed by atoms with E-state index in [1.54, 1.807) is 7.11 Å². The van der Waals surface area contributed by atoms with Crippen molar-refractivity contribution in [1.29, 1.82) is 0 Å². The highest BCUT2D eigenvalue weighted by atomic mass is 16.5. The van der Waals surface area contributed by atoms with E-state index in [4.69, 9.17) is 4.74 Å². The van der Waals surface area contributed by atoms with Crippen LogP contribution in [0.25, 0.3) is 10.9 Å². The number of aromatic nitrogens is 1. The van der Waals surface area contributed by atoms with Gasteiger partial charge in [-0.1, -0.05) is 0 Å². The van der Waals surface area contributed by atoms with Gasteiger partial charge >= 0.3 is 0 Å². The molecule has 0 unspecified atom stereocenters. The van der Waals surface area contributed by atoms with E-state index in [0.29, 0.717) is 0 Å². The van der Waals surface area contributed by atoms with Crippen molar-refractivity contribution in [2.24, 2.45) is 0 Å². The number of methoxy groups -OCH3 is 1. The molecule has 0 saturated heterocycles. The maximum absolute atomic E-state index is 5.37. The molecule has 1 aromatic heterocycles. The van der Waals surface area contributed by atoms with Gasteiger partial charge in [0.15, 0.2) is 0 Å². The molecule has 0 fully saturated rings. The molecular formula is C14H18N2O. The van der Waals surface area contributed by atoms with Crippen LogP contribution in [0.2, 0.25) is 0 Å². The number of hydrogen-bond acceptors (Lipinski definition) is 2. The molecular weight excluding hydrogens is 212 g/mol. The topological polar surface area (TPSA) is 26.2 Å². The van der Waals surface area contributed by atoms with Crippen LogP contribution < -0.4 is 10.1 Å². The average molecular weight is 230 g/mol. The smallest absolute Gasteiger partial charge is 0.119 e. The monoisotopic (exact) mass is 230 g/mol. The minimum Gasteiger partial charge on any atom is -0.497 e. The number of benzene rings is 1. The van der Waals surface area contributed by atoms with Crippen molar-refractivity contribution in [1.82, 2.24) is 9.88 Å². The highest BCUT2D eigenvalue weighted by molar-refractivity contribution is 5.89. The number of hydrogen-bond donors (Lipinski definition) is 1. The second-order valence-corrected chi connectivity index (χ2v) is 4.75. The summed E-state index contributed by atoms with van der Waals surface area (Å²) in [6, 6.07) is 4.27. The van der Waals surface area contributed by atoms with Gasteiger partial charge in [-0.15, -0.1) is 0 Å². The van der Waals surface area contributed by atoms with Gasteiger partial charge in [0.1, 0.15) is 5.75 Å². The SMILES string of the molecule is COc1cc(C)c2c(c1)c(C)c1n2CNCC1. The fraction of sp³-hybridized carbons (Fsp3) is 0.429. The summed E-state index contributed by atoms with van der Waals surface area (Å²) < 4.78 is 7.77. The Morgan fingerprint density at radius 1 is 1.29 bits per heavy atom. The lowest BCUT2D eigenvalue weighted by molar-refractivity contribution is 0.415. The van der Waals surface area contributed by atoms with Crippen LogP contribution in [0.5, 0.6) is 5.75 Å². The Morgan fingerprint density at radius 3 is 2.88 bits per heavy atom. The maximum atomic E-state index is 5.37. The molecule has 0 spiro atoms. The van der Waals surface area contributed by atoms with Crippen molar-refractivity contribution < 1.29 is 4.74 Å². The zero-order valence-corrected chi connectivity index (χ0v) is 10.6.